The quantitative estimate of drug-likeness (QED) is 0.769. The number of Topliss-reactive ketones (excluding diaryl/α,β-unsaturated/α-hetero) is 1. The van der Waals surface area contributed by atoms with E-state index in [0.29, 0.717) is 21.4 Å². The highest BCUT2D eigenvalue weighted by Crippen LogP contribution is 2.25. The van der Waals surface area contributed by atoms with E-state index in [9.17, 15) is 9.59 Å². The summed E-state index contributed by atoms with van der Waals surface area (Å²) in [6.45, 7) is 3.10. The Balaban J connectivity index is 1.96. The molecule has 0 bridgehead atoms. The van der Waals surface area contributed by atoms with Crippen LogP contribution in [-0.2, 0) is 4.79 Å². The molecule has 126 valence electrons. The van der Waals surface area contributed by atoms with E-state index < -0.39 is 0 Å². The topological polar surface area (TPSA) is 55.4 Å². The van der Waals surface area contributed by atoms with E-state index in [2.05, 4.69) is 5.32 Å². The van der Waals surface area contributed by atoms with Crippen molar-refractivity contribution in [2.45, 2.75) is 19.9 Å². The Hall–Kier alpha value is -2.04. The van der Waals surface area contributed by atoms with Gasteiger partial charge in [0, 0.05) is 0 Å². The molecule has 0 saturated heterocycles. The third-order valence-corrected chi connectivity index (χ3v) is 4.19. The monoisotopic (exact) mass is 365 g/mol. The molecule has 0 aliphatic carbocycles. The second-order valence-electron chi connectivity index (χ2n) is 5.30. The van der Waals surface area contributed by atoms with E-state index in [1.165, 1.54) is 6.92 Å². The van der Waals surface area contributed by atoms with Crippen molar-refractivity contribution in [1.29, 1.82) is 0 Å². The first-order valence-electron chi connectivity index (χ1n) is 7.35. The first-order chi connectivity index (χ1) is 11.4. The Morgan fingerprint density at radius 3 is 2.50 bits per heavy atom. The maximum Gasteiger partial charge on any atom is 0.258 e. The lowest BCUT2D eigenvalue weighted by atomic mass is 10.1. The summed E-state index contributed by atoms with van der Waals surface area (Å²) in [6.07, 6.45) is 0. The molecule has 2 rings (SSSR count). The van der Waals surface area contributed by atoms with Gasteiger partial charge < -0.3 is 10.1 Å². The fraction of sp³-hybridized carbons (Fsp3) is 0.222. The summed E-state index contributed by atoms with van der Waals surface area (Å²) in [7, 11) is 0. The second-order valence-corrected chi connectivity index (χ2v) is 6.12. The highest BCUT2D eigenvalue weighted by molar-refractivity contribution is 6.42. The van der Waals surface area contributed by atoms with Crippen LogP contribution in [0.3, 0.4) is 0 Å². The van der Waals surface area contributed by atoms with Gasteiger partial charge in [-0.15, -0.1) is 0 Å². The van der Waals surface area contributed by atoms with Gasteiger partial charge in [-0.2, -0.15) is 0 Å². The number of amides is 1. The summed E-state index contributed by atoms with van der Waals surface area (Å²) in [6, 6.07) is 11.8. The first-order valence-corrected chi connectivity index (χ1v) is 8.11. The molecule has 1 N–H and O–H groups in total. The summed E-state index contributed by atoms with van der Waals surface area (Å²) in [5.74, 6) is -0.0237. The summed E-state index contributed by atoms with van der Waals surface area (Å²) >= 11 is 11.9. The van der Waals surface area contributed by atoms with E-state index in [-0.39, 0.29) is 24.3 Å². The average molecular weight is 366 g/mol. The Morgan fingerprint density at radius 2 is 1.83 bits per heavy atom. The van der Waals surface area contributed by atoms with Crippen molar-refractivity contribution in [2.75, 3.05) is 6.61 Å². The van der Waals surface area contributed by atoms with Gasteiger partial charge in [-0.3, -0.25) is 9.59 Å². The Labute approximate surface area is 150 Å². The van der Waals surface area contributed by atoms with E-state index in [4.69, 9.17) is 27.9 Å². The van der Waals surface area contributed by atoms with Crippen molar-refractivity contribution in [3.63, 3.8) is 0 Å². The third kappa shape index (κ3) is 4.73. The normalized spacial score (nSPS) is 11.7. The number of nitrogens with one attached hydrogen (secondary N) is 1. The number of halogens is 2. The molecular weight excluding hydrogens is 349 g/mol. The van der Waals surface area contributed by atoms with Crippen LogP contribution in [0, 0.1) is 0 Å². The minimum absolute atomic E-state index is 0.116. The van der Waals surface area contributed by atoms with Crippen LogP contribution >= 0.6 is 23.2 Å². The zero-order chi connectivity index (χ0) is 17.7. The van der Waals surface area contributed by atoms with Crippen molar-refractivity contribution in [3.8, 4) is 5.75 Å². The number of hydrogen-bond donors (Lipinski definition) is 1. The van der Waals surface area contributed by atoms with E-state index >= 15 is 0 Å². The molecule has 0 saturated carbocycles. The fourth-order valence-electron chi connectivity index (χ4n) is 2.17. The van der Waals surface area contributed by atoms with Gasteiger partial charge in [0.15, 0.2) is 12.4 Å². The zero-order valence-electron chi connectivity index (χ0n) is 13.3. The lowest BCUT2D eigenvalue weighted by Gasteiger charge is -2.16. The van der Waals surface area contributed by atoms with Crippen LogP contribution in [0.2, 0.25) is 10.0 Å². The molecule has 1 amide bonds. The van der Waals surface area contributed by atoms with Crippen molar-refractivity contribution in [2.24, 2.45) is 0 Å². The Morgan fingerprint density at radius 1 is 1.12 bits per heavy atom. The van der Waals surface area contributed by atoms with Crippen LogP contribution in [-0.4, -0.2) is 18.3 Å². The summed E-state index contributed by atoms with van der Waals surface area (Å²) in [5.41, 5.74) is 1.28. The van der Waals surface area contributed by atoms with E-state index in [0.717, 1.165) is 5.56 Å². The van der Waals surface area contributed by atoms with Crippen LogP contribution in [0.1, 0.15) is 35.8 Å². The number of rotatable bonds is 6. The molecule has 0 spiro atoms. The lowest BCUT2D eigenvalue weighted by Crippen LogP contribution is -2.31. The molecular formula is C18H17Cl2NO3. The first kappa shape index (κ1) is 18.3. The van der Waals surface area contributed by atoms with Gasteiger partial charge in [0.05, 0.1) is 21.7 Å². The van der Waals surface area contributed by atoms with Crippen LogP contribution in [0.25, 0.3) is 0 Å². The smallest absolute Gasteiger partial charge is 0.258 e. The summed E-state index contributed by atoms with van der Waals surface area (Å²) < 4.78 is 5.46. The summed E-state index contributed by atoms with van der Waals surface area (Å²) in [5, 5.41) is 3.70. The molecule has 0 aliphatic heterocycles. The number of hydrogen-bond acceptors (Lipinski definition) is 3. The molecule has 0 radical (unpaired) electrons. The van der Waals surface area contributed by atoms with Gasteiger partial charge in [-0.1, -0.05) is 41.4 Å². The average Bonchev–Trinajstić information content (AvgIpc) is 2.55. The van der Waals surface area contributed by atoms with E-state index in [1.807, 2.05) is 6.92 Å². The number of carbonyl (C=O) groups is 2. The molecule has 2 aromatic rings. The van der Waals surface area contributed by atoms with Gasteiger partial charge in [-0.05, 0) is 43.7 Å². The van der Waals surface area contributed by atoms with E-state index in [1.54, 1.807) is 42.5 Å². The SMILES string of the molecule is CC(=O)c1ccccc1OCC(=O)NC(C)c1ccc(Cl)c(Cl)c1. The van der Waals surface area contributed by atoms with Crippen molar-refractivity contribution < 1.29 is 14.3 Å². The van der Waals surface area contributed by atoms with Crippen LogP contribution in [0.5, 0.6) is 5.75 Å². The number of carbonyl (C=O) groups excluding carboxylic acids is 2. The minimum atomic E-state index is -0.299. The Bertz CT molecular complexity index is 762. The molecule has 0 heterocycles. The standard InChI is InChI=1S/C18H17Cl2NO3/c1-11(13-7-8-15(19)16(20)9-13)21-18(23)10-24-17-6-4-3-5-14(17)12(2)22/h3-9,11H,10H2,1-2H3,(H,21,23). The van der Waals surface area contributed by atoms with Gasteiger partial charge in [0.1, 0.15) is 5.75 Å². The molecule has 6 heteroatoms. The predicted molar refractivity (Wildman–Crippen MR) is 95.0 cm³/mol. The maximum absolute atomic E-state index is 12.1. The molecule has 24 heavy (non-hydrogen) atoms. The van der Waals surface area contributed by atoms with Crippen LogP contribution in [0.15, 0.2) is 42.5 Å². The fourth-order valence-corrected chi connectivity index (χ4v) is 2.48. The zero-order valence-corrected chi connectivity index (χ0v) is 14.8. The number of benzene rings is 2. The second kappa shape index (κ2) is 8.18. The highest BCUT2D eigenvalue weighted by Gasteiger charge is 2.13. The molecule has 1 unspecified atom stereocenters. The molecule has 0 fully saturated rings. The lowest BCUT2D eigenvalue weighted by molar-refractivity contribution is -0.123. The van der Waals surface area contributed by atoms with Gasteiger partial charge in [0.25, 0.3) is 5.91 Å². The molecule has 0 aromatic heterocycles. The van der Waals surface area contributed by atoms with Crippen LogP contribution in [0.4, 0.5) is 0 Å². The molecule has 4 nitrogen and oxygen atoms in total. The van der Waals surface area contributed by atoms with Gasteiger partial charge in [0.2, 0.25) is 0 Å². The van der Waals surface area contributed by atoms with Gasteiger partial charge >= 0.3 is 0 Å². The van der Waals surface area contributed by atoms with Crippen molar-refractivity contribution in [1.82, 2.24) is 5.32 Å². The largest absolute Gasteiger partial charge is 0.483 e. The number of ketones is 1. The molecule has 2 aromatic carbocycles. The van der Waals surface area contributed by atoms with Crippen LogP contribution < -0.4 is 10.1 Å². The Kier molecular flexibility index (Phi) is 6.23. The number of para-hydroxylation sites is 1. The molecule has 1 atom stereocenters. The predicted octanol–water partition coefficient (Wildman–Crippen LogP) is 4.45. The number of ether oxygens (including phenoxy) is 1. The summed E-state index contributed by atoms with van der Waals surface area (Å²) in [4.78, 5) is 23.6. The molecule has 0 aliphatic rings. The van der Waals surface area contributed by atoms with Crippen molar-refractivity contribution >= 4 is 34.9 Å². The minimum Gasteiger partial charge on any atom is -0.483 e. The van der Waals surface area contributed by atoms with Crippen molar-refractivity contribution in [3.05, 3.63) is 63.6 Å². The highest BCUT2D eigenvalue weighted by atomic mass is 35.5. The maximum atomic E-state index is 12.1. The third-order valence-electron chi connectivity index (χ3n) is 3.45. The van der Waals surface area contributed by atoms with Gasteiger partial charge in [-0.25, -0.2) is 0 Å².